The minimum Gasteiger partial charge on any atom is -0.463 e. The SMILES string of the molecule is CCOC(=O)C1=C(C)N(OC)C(=O)NC1c1ccccc1. The maximum absolute atomic E-state index is 12.2. The van der Waals surface area contributed by atoms with Crippen molar-refractivity contribution in [2.45, 2.75) is 19.9 Å². The van der Waals surface area contributed by atoms with Crippen LogP contribution in [0, 0.1) is 0 Å². The van der Waals surface area contributed by atoms with Gasteiger partial charge >= 0.3 is 12.0 Å². The molecule has 0 aliphatic carbocycles. The summed E-state index contributed by atoms with van der Waals surface area (Å²) >= 11 is 0. The van der Waals surface area contributed by atoms with Crippen LogP contribution in [0.4, 0.5) is 4.79 Å². The minimum absolute atomic E-state index is 0.262. The van der Waals surface area contributed by atoms with E-state index >= 15 is 0 Å². The van der Waals surface area contributed by atoms with Gasteiger partial charge < -0.3 is 10.1 Å². The second-order valence-electron chi connectivity index (χ2n) is 4.49. The molecule has 1 N–H and O–H groups in total. The van der Waals surface area contributed by atoms with E-state index in [0.29, 0.717) is 11.3 Å². The molecule has 21 heavy (non-hydrogen) atoms. The molecule has 112 valence electrons. The zero-order chi connectivity index (χ0) is 15.4. The van der Waals surface area contributed by atoms with E-state index in [1.165, 1.54) is 7.11 Å². The van der Waals surface area contributed by atoms with Crippen LogP contribution in [-0.2, 0) is 14.4 Å². The van der Waals surface area contributed by atoms with Crippen LogP contribution in [0.1, 0.15) is 25.5 Å². The van der Waals surface area contributed by atoms with E-state index < -0.39 is 18.0 Å². The molecule has 1 heterocycles. The fourth-order valence-electron chi connectivity index (χ4n) is 2.31. The van der Waals surface area contributed by atoms with E-state index in [1.807, 2.05) is 30.3 Å². The number of allylic oxidation sites excluding steroid dienone is 1. The third-order valence-corrected chi connectivity index (χ3v) is 3.25. The normalized spacial score (nSPS) is 18.5. The number of hydrogen-bond donors (Lipinski definition) is 1. The molecule has 1 aromatic rings. The summed E-state index contributed by atoms with van der Waals surface area (Å²) < 4.78 is 5.10. The molecule has 2 amide bonds. The van der Waals surface area contributed by atoms with Crippen molar-refractivity contribution in [3.8, 4) is 0 Å². The van der Waals surface area contributed by atoms with Gasteiger partial charge in [-0.1, -0.05) is 30.3 Å². The molecule has 0 aromatic heterocycles. The van der Waals surface area contributed by atoms with Gasteiger partial charge in [-0.25, -0.2) is 9.59 Å². The Morgan fingerprint density at radius 1 is 1.33 bits per heavy atom. The van der Waals surface area contributed by atoms with Crippen LogP contribution in [-0.4, -0.2) is 30.8 Å². The van der Waals surface area contributed by atoms with Crippen molar-refractivity contribution in [1.29, 1.82) is 0 Å². The van der Waals surface area contributed by atoms with E-state index in [2.05, 4.69) is 5.32 Å². The number of ether oxygens (including phenoxy) is 1. The first-order valence-electron chi connectivity index (χ1n) is 6.67. The summed E-state index contributed by atoms with van der Waals surface area (Å²) in [6.07, 6.45) is 0. The zero-order valence-corrected chi connectivity index (χ0v) is 12.3. The number of carbonyl (C=O) groups excluding carboxylic acids is 2. The molecule has 0 saturated heterocycles. The number of nitrogens with one attached hydrogen (secondary N) is 1. The number of esters is 1. The molecule has 1 atom stereocenters. The largest absolute Gasteiger partial charge is 0.463 e. The van der Waals surface area contributed by atoms with Crippen molar-refractivity contribution in [2.24, 2.45) is 0 Å². The average molecular weight is 290 g/mol. The predicted molar refractivity (Wildman–Crippen MR) is 75.9 cm³/mol. The summed E-state index contributed by atoms with van der Waals surface area (Å²) in [4.78, 5) is 29.3. The lowest BCUT2D eigenvalue weighted by atomic mass is 9.95. The number of hydroxylamine groups is 2. The monoisotopic (exact) mass is 290 g/mol. The summed E-state index contributed by atoms with van der Waals surface area (Å²) in [5.41, 5.74) is 1.60. The lowest BCUT2D eigenvalue weighted by Crippen LogP contribution is -2.47. The highest BCUT2D eigenvalue weighted by atomic mass is 16.7. The van der Waals surface area contributed by atoms with Crippen LogP contribution in [0.3, 0.4) is 0 Å². The Balaban J connectivity index is 2.50. The minimum atomic E-state index is -0.552. The Labute approximate surface area is 123 Å². The van der Waals surface area contributed by atoms with Crippen LogP contribution < -0.4 is 5.32 Å². The quantitative estimate of drug-likeness (QED) is 0.863. The highest BCUT2D eigenvalue weighted by Crippen LogP contribution is 2.31. The molecule has 0 bridgehead atoms. The highest BCUT2D eigenvalue weighted by Gasteiger charge is 2.36. The van der Waals surface area contributed by atoms with E-state index in [-0.39, 0.29) is 6.61 Å². The summed E-state index contributed by atoms with van der Waals surface area (Å²) in [6, 6.07) is 8.29. The molecule has 2 rings (SSSR count). The molecule has 1 unspecified atom stereocenters. The van der Waals surface area contributed by atoms with Gasteiger partial charge in [0.15, 0.2) is 0 Å². The second kappa shape index (κ2) is 6.41. The molecule has 0 fully saturated rings. The Morgan fingerprint density at radius 3 is 2.57 bits per heavy atom. The number of hydrogen-bond acceptors (Lipinski definition) is 4. The van der Waals surface area contributed by atoms with Gasteiger partial charge in [-0.2, -0.15) is 5.06 Å². The van der Waals surface area contributed by atoms with Crippen molar-refractivity contribution in [2.75, 3.05) is 13.7 Å². The molecule has 6 nitrogen and oxygen atoms in total. The van der Waals surface area contributed by atoms with E-state index in [1.54, 1.807) is 13.8 Å². The first kappa shape index (κ1) is 15.1. The van der Waals surface area contributed by atoms with Crippen molar-refractivity contribution < 1.29 is 19.2 Å². The lowest BCUT2D eigenvalue weighted by Gasteiger charge is -2.33. The summed E-state index contributed by atoms with van der Waals surface area (Å²) in [5.74, 6) is -0.467. The van der Waals surface area contributed by atoms with Crippen LogP contribution >= 0.6 is 0 Å². The molecule has 6 heteroatoms. The molecule has 0 saturated carbocycles. The number of urea groups is 1. The molecule has 1 aliphatic heterocycles. The lowest BCUT2D eigenvalue weighted by molar-refractivity contribution is -0.140. The van der Waals surface area contributed by atoms with Crippen LogP contribution in [0.15, 0.2) is 41.6 Å². The third kappa shape index (κ3) is 2.90. The van der Waals surface area contributed by atoms with Gasteiger partial charge in [0.1, 0.15) is 0 Å². The van der Waals surface area contributed by atoms with Crippen molar-refractivity contribution in [3.63, 3.8) is 0 Å². The first-order chi connectivity index (χ1) is 10.1. The molecule has 0 spiro atoms. The molecule has 1 aromatic carbocycles. The molecular weight excluding hydrogens is 272 g/mol. The highest BCUT2D eigenvalue weighted by molar-refractivity contribution is 5.94. The van der Waals surface area contributed by atoms with Crippen molar-refractivity contribution in [1.82, 2.24) is 10.4 Å². The number of rotatable bonds is 4. The number of nitrogens with zero attached hydrogens (tertiary/aromatic N) is 1. The van der Waals surface area contributed by atoms with E-state index in [4.69, 9.17) is 9.57 Å². The Bertz CT molecular complexity index is 568. The van der Waals surface area contributed by atoms with E-state index in [0.717, 1.165) is 10.6 Å². The fourth-order valence-corrected chi connectivity index (χ4v) is 2.31. The van der Waals surface area contributed by atoms with Crippen molar-refractivity contribution >= 4 is 12.0 Å². The van der Waals surface area contributed by atoms with Gasteiger partial charge in [0, 0.05) is 0 Å². The van der Waals surface area contributed by atoms with Gasteiger partial charge in [-0.15, -0.1) is 0 Å². The molecule has 1 aliphatic rings. The predicted octanol–water partition coefficient (Wildman–Crippen LogP) is 2.15. The smallest absolute Gasteiger partial charge is 0.346 e. The summed E-state index contributed by atoms with van der Waals surface area (Å²) in [5, 5.41) is 3.80. The molecule has 0 radical (unpaired) electrons. The topological polar surface area (TPSA) is 67.9 Å². The summed E-state index contributed by atoms with van der Waals surface area (Å²) in [7, 11) is 1.37. The number of carbonyl (C=O) groups is 2. The Hall–Kier alpha value is -2.34. The van der Waals surface area contributed by atoms with Crippen LogP contribution in [0.25, 0.3) is 0 Å². The standard InChI is InChI=1S/C15H18N2O4/c1-4-21-14(18)12-10(2)17(20-3)15(19)16-13(12)11-8-6-5-7-9-11/h5-9,13H,4H2,1-3H3,(H,16,19). The maximum Gasteiger partial charge on any atom is 0.346 e. The molecular formula is C15H18N2O4. The average Bonchev–Trinajstić information content (AvgIpc) is 2.48. The first-order valence-corrected chi connectivity index (χ1v) is 6.67. The number of benzene rings is 1. The van der Waals surface area contributed by atoms with Gasteiger partial charge in [-0.05, 0) is 19.4 Å². The Kier molecular flexibility index (Phi) is 4.59. The maximum atomic E-state index is 12.2. The third-order valence-electron chi connectivity index (χ3n) is 3.25. The number of amides is 2. The fraction of sp³-hybridized carbons (Fsp3) is 0.333. The van der Waals surface area contributed by atoms with E-state index in [9.17, 15) is 9.59 Å². The van der Waals surface area contributed by atoms with Gasteiger partial charge in [0.2, 0.25) is 0 Å². The van der Waals surface area contributed by atoms with Gasteiger partial charge in [0.05, 0.1) is 31.0 Å². The van der Waals surface area contributed by atoms with Crippen molar-refractivity contribution in [3.05, 3.63) is 47.2 Å². The second-order valence-corrected chi connectivity index (χ2v) is 4.49. The Morgan fingerprint density at radius 2 is 2.00 bits per heavy atom. The zero-order valence-electron chi connectivity index (χ0n) is 12.3. The van der Waals surface area contributed by atoms with Crippen LogP contribution in [0.5, 0.6) is 0 Å². The summed E-state index contributed by atoms with van der Waals surface area (Å²) in [6.45, 7) is 3.66. The van der Waals surface area contributed by atoms with Gasteiger partial charge in [-0.3, -0.25) is 4.84 Å². The van der Waals surface area contributed by atoms with Crippen LogP contribution in [0.2, 0.25) is 0 Å². The van der Waals surface area contributed by atoms with Gasteiger partial charge in [0.25, 0.3) is 0 Å².